The first-order chi connectivity index (χ1) is 33.1. The molecule has 0 aromatic carbocycles. The second-order valence-corrected chi connectivity index (χ2v) is 22.5. The summed E-state index contributed by atoms with van der Waals surface area (Å²) in [7, 11) is 0. The zero-order valence-corrected chi connectivity index (χ0v) is 46.9. The Morgan fingerprint density at radius 1 is 0.294 bits per heavy atom. The molecule has 0 heterocycles. The van der Waals surface area contributed by atoms with Crippen molar-refractivity contribution in [1.29, 1.82) is 0 Å². The van der Waals surface area contributed by atoms with Crippen molar-refractivity contribution in [3.63, 3.8) is 0 Å². The summed E-state index contributed by atoms with van der Waals surface area (Å²) in [5, 5.41) is 0. The highest BCUT2D eigenvalue weighted by molar-refractivity contribution is 5.71. The van der Waals surface area contributed by atoms with Gasteiger partial charge in [0.1, 0.15) is 13.2 Å². The minimum absolute atomic E-state index is 0.0634. The summed E-state index contributed by atoms with van der Waals surface area (Å²) >= 11 is 0. The third kappa shape index (κ3) is 53.8. The summed E-state index contributed by atoms with van der Waals surface area (Å²) in [5.41, 5.74) is 0. The quantitative estimate of drug-likeness (QED) is 0.0343. The highest BCUT2D eigenvalue weighted by Crippen LogP contribution is 2.19. The molecule has 68 heavy (non-hydrogen) atoms. The molecule has 0 amide bonds. The van der Waals surface area contributed by atoms with Gasteiger partial charge in [0.2, 0.25) is 0 Å². The Balaban J connectivity index is 4.25. The van der Waals surface area contributed by atoms with Gasteiger partial charge in [-0.1, -0.05) is 305 Å². The van der Waals surface area contributed by atoms with Crippen LogP contribution in [0.4, 0.5) is 0 Å². The maximum Gasteiger partial charge on any atom is 0.306 e. The van der Waals surface area contributed by atoms with Crippen molar-refractivity contribution in [2.24, 2.45) is 17.8 Å². The van der Waals surface area contributed by atoms with Gasteiger partial charge in [-0.2, -0.15) is 0 Å². The molecule has 0 aromatic heterocycles. The van der Waals surface area contributed by atoms with E-state index in [1.807, 2.05) is 0 Å². The van der Waals surface area contributed by atoms with Crippen LogP contribution < -0.4 is 0 Å². The van der Waals surface area contributed by atoms with Gasteiger partial charge >= 0.3 is 17.9 Å². The first-order valence-electron chi connectivity index (χ1n) is 30.6. The lowest BCUT2D eigenvalue weighted by molar-refractivity contribution is -0.167. The molecular formula is C62H120O6. The number of rotatable bonds is 55. The van der Waals surface area contributed by atoms with E-state index in [2.05, 4.69) is 41.5 Å². The van der Waals surface area contributed by atoms with Crippen molar-refractivity contribution < 1.29 is 28.6 Å². The number of carbonyl (C=O) groups is 3. The van der Waals surface area contributed by atoms with E-state index in [-0.39, 0.29) is 31.1 Å². The minimum Gasteiger partial charge on any atom is -0.462 e. The van der Waals surface area contributed by atoms with E-state index in [0.717, 1.165) is 75.5 Å². The van der Waals surface area contributed by atoms with Crippen molar-refractivity contribution in [1.82, 2.24) is 0 Å². The predicted molar refractivity (Wildman–Crippen MR) is 293 cm³/mol. The average Bonchev–Trinajstić information content (AvgIpc) is 3.31. The van der Waals surface area contributed by atoms with Gasteiger partial charge in [-0.3, -0.25) is 14.4 Å². The smallest absolute Gasteiger partial charge is 0.306 e. The minimum atomic E-state index is -0.764. The fourth-order valence-electron chi connectivity index (χ4n) is 9.50. The molecule has 1 unspecified atom stereocenters. The second-order valence-electron chi connectivity index (χ2n) is 22.5. The molecule has 0 spiro atoms. The van der Waals surface area contributed by atoms with Crippen LogP contribution in [0.15, 0.2) is 0 Å². The number of esters is 3. The molecule has 0 bridgehead atoms. The number of hydrogen-bond donors (Lipinski definition) is 0. The fourth-order valence-corrected chi connectivity index (χ4v) is 9.50. The van der Waals surface area contributed by atoms with Crippen LogP contribution >= 0.6 is 0 Å². The first kappa shape index (κ1) is 66.4. The van der Waals surface area contributed by atoms with Gasteiger partial charge in [-0.25, -0.2) is 0 Å². The maximum atomic E-state index is 12.9. The molecule has 0 saturated carbocycles. The van der Waals surface area contributed by atoms with Gasteiger partial charge < -0.3 is 14.2 Å². The SMILES string of the molecule is CCC(C)CCCCCCCCCCCCCCCCCCCCC(=O)O[C@@H](COC(=O)CCCCCCCCCCCCCCCC(C)C)COC(=O)CCCCCCCCCCCC(C)C. The van der Waals surface area contributed by atoms with E-state index >= 15 is 0 Å². The Hall–Kier alpha value is -1.59. The van der Waals surface area contributed by atoms with Crippen LogP contribution in [0.5, 0.6) is 0 Å². The average molecular weight is 962 g/mol. The maximum absolute atomic E-state index is 12.9. The molecule has 6 heteroatoms. The largest absolute Gasteiger partial charge is 0.462 e. The lowest BCUT2D eigenvalue weighted by atomic mass is 9.99. The van der Waals surface area contributed by atoms with Crippen molar-refractivity contribution in [2.75, 3.05) is 13.2 Å². The zero-order valence-electron chi connectivity index (χ0n) is 46.9. The summed E-state index contributed by atoms with van der Waals surface area (Å²) in [5.74, 6) is 1.72. The second kappa shape index (κ2) is 53.2. The zero-order chi connectivity index (χ0) is 49.8. The molecule has 2 atom stereocenters. The van der Waals surface area contributed by atoms with E-state index in [9.17, 15) is 14.4 Å². The van der Waals surface area contributed by atoms with Crippen molar-refractivity contribution in [3.8, 4) is 0 Å². The Kier molecular flexibility index (Phi) is 52.0. The Labute approximate surface area is 425 Å². The standard InChI is InChI=1S/C62H120O6/c1-7-58(6)50-44-38-32-26-20-16-12-10-8-9-11-13-17-22-28-35-41-47-53-62(65)68-59(55-67-61(64)52-46-40-34-29-23-25-31-37-43-49-57(4)5)54-66-60(63)51-45-39-33-27-21-18-14-15-19-24-30-36-42-48-56(2)3/h56-59H,7-55H2,1-6H3/t58?,59-/m0/s1. The molecule has 0 radical (unpaired) electrons. The normalized spacial score (nSPS) is 12.5. The molecule has 404 valence electrons. The van der Waals surface area contributed by atoms with E-state index in [4.69, 9.17) is 14.2 Å². The fraction of sp³-hybridized carbons (Fsp3) is 0.952. The van der Waals surface area contributed by atoms with E-state index < -0.39 is 6.10 Å². The predicted octanol–water partition coefficient (Wildman–Crippen LogP) is 20.3. The summed E-state index contributed by atoms with van der Waals surface area (Å²) in [6, 6.07) is 0. The van der Waals surface area contributed by atoms with Crippen LogP contribution in [0.1, 0.15) is 343 Å². The lowest BCUT2D eigenvalue weighted by Crippen LogP contribution is -2.30. The van der Waals surface area contributed by atoms with Crippen LogP contribution in [0.25, 0.3) is 0 Å². The molecule has 0 aliphatic rings. The highest BCUT2D eigenvalue weighted by Gasteiger charge is 2.19. The highest BCUT2D eigenvalue weighted by atomic mass is 16.6. The van der Waals surface area contributed by atoms with Gasteiger partial charge in [0, 0.05) is 19.3 Å². The van der Waals surface area contributed by atoms with Gasteiger partial charge in [0.05, 0.1) is 0 Å². The van der Waals surface area contributed by atoms with Gasteiger partial charge in [-0.15, -0.1) is 0 Å². The van der Waals surface area contributed by atoms with Crippen molar-refractivity contribution in [3.05, 3.63) is 0 Å². The summed E-state index contributed by atoms with van der Waals surface area (Å²) in [6.45, 7) is 13.8. The van der Waals surface area contributed by atoms with E-state index in [1.165, 1.54) is 225 Å². The van der Waals surface area contributed by atoms with Gasteiger partial charge in [-0.05, 0) is 37.0 Å². The summed E-state index contributed by atoms with van der Waals surface area (Å²) in [4.78, 5) is 38.2. The molecule has 0 fully saturated rings. The van der Waals surface area contributed by atoms with E-state index in [0.29, 0.717) is 19.3 Å². The molecule has 0 aliphatic heterocycles. The third-order valence-corrected chi connectivity index (χ3v) is 14.5. The number of ether oxygens (including phenoxy) is 3. The van der Waals surface area contributed by atoms with Crippen LogP contribution in [-0.4, -0.2) is 37.2 Å². The van der Waals surface area contributed by atoms with Gasteiger partial charge in [0.15, 0.2) is 6.10 Å². The van der Waals surface area contributed by atoms with Crippen LogP contribution in [-0.2, 0) is 28.6 Å². The number of hydrogen-bond acceptors (Lipinski definition) is 6. The summed E-state index contributed by atoms with van der Waals surface area (Å²) < 4.78 is 16.9. The molecule has 0 aliphatic carbocycles. The first-order valence-corrected chi connectivity index (χ1v) is 30.6. The third-order valence-electron chi connectivity index (χ3n) is 14.5. The topological polar surface area (TPSA) is 78.9 Å². The Morgan fingerprint density at radius 3 is 0.765 bits per heavy atom. The lowest BCUT2D eigenvalue weighted by Gasteiger charge is -2.18. The van der Waals surface area contributed by atoms with Crippen LogP contribution in [0.3, 0.4) is 0 Å². The molecule has 0 saturated heterocycles. The molecule has 0 rings (SSSR count). The Morgan fingerprint density at radius 2 is 0.515 bits per heavy atom. The molecule has 6 nitrogen and oxygen atoms in total. The number of unbranched alkanes of at least 4 members (excludes halogenated alkanes) is 37. The number of carbonyl (C=O) groups excluding carboxylic acids is 3. The Bertz CT molecular complexity index is 1060. The van der Waals surface area contributed by atoms with Crippen LogP contribution in [0, 0.1) is 17.8 Å². The van der Waals surface area contributed by atoms with Crippen LogP contribution in [0.2, 0.25) is 0 Å². The van der Waals surface area contributed by atoms with Gasteiger partial charge in [0.25, 0.3) is 0 Å². The van der Waals surface area contributed by atoms with Crippen molar-refractivity contribution >= 4 is 17.9 Å². The van der Waals surface area contributed by atoms with E-state index in [1.54, 1.807) is 0 Å². The monoisotopic (exact) mass is 961 g/mol. The van der Waals surface area contributed by atoms with Crippen molar-refractivity contribution in [2.45, 2.75) is 349 Å². The molecular weight excluding hydrogens is 841 g/mol. The molecule has 0 aromatic rings. The molecule has 0 N–H and O–H groups in total. The summed E-state index contributed by atoms with van der Waals surface area (Å²) in [6.07, 6.45) is 56.7.